The van der Waals surface area contributed by atoms with Crippen molar-refractivity contribution in [3.63, 3.8) is 0 Å². The first-order valence-electron chi connectivity index (χ1n) is 9.80. The van der Waals surface area contributed by atoms with Crippen LogP contribution in [-0.2, 0) is 6.54 Å². The Morgan fingerprint density at radius 2 is 2.00 bits per heavy atom. The molecule has 0 saturated heterocycles. The lowest BCUT2D eigenvalue weighted by molar-refractivity contribution is 0.0717. The molecule has 1 aromatic rings. The smallest absolute Gasteiger partial charge is 0.257 e. The number of benzene rings is 1. The van der Waals surface area contributed by atoms with E-state index in [1.165, 1.54) is 38.2 Å². The van der Waals surface area contributed by atoms with Crippen LogP contribution in [0.1, 0.15) is 74.7 Å². The van der Waals surface area contributed by atoms with Crippen molar-refractivity contribution in [2.45, 2.75) is 65.3 Å². The van der Waals surface area contributed by atoms with Gasteiger partial charge in [0.2, 0.25) is 0 Å². The number of aromatic hydroxyl groups is 1. The molecule has 1 N–H and O–H groups in total. The predicted molar refractivity (Wildman–Crippen MR) is 96.9 cm³/mol. The summed E-state index contributed by atoms with van der Waals surface area (Å²) in [5.74, 6) is 0.680. The van der Waals surface area contributed by atoms with Crippen molar-refractivity contribution in [3.8, 4) is 5.75 Å². The maximum Gasteiger partial charge on any atom is 0.257 e. The Bertz CT molecular complexity index is 623. The number of carbonyl (C=O) groups is 1. The molecule has 1 aromatic carbocycles. The van der Waals surface area contributed by atoms with Gasteiger partial charge in [0.15, 0.2) is 11.6 Å². The molecular weight excluding hydrogens is 317 g/mol. The Hall–Kier alpha value is -1.58. The van der Waals surface area contributed by atoms with E-state index in [9.17, 15) is 14.3 Å². The maximum absolute atomic E-state index is 14.0. The zero-order chi connectivity index (χ0) is 18.0. The molecule has 1 fully saturated rings. The van der Waals surface area contributed by atoms with Gasteiger partial charge in [-0.1, -0.05) is 39.2 Å². The Morgan fingerprint density at radius 3 is 2.68 bits per heavy atom. The van der Waals surface area contributed by atoms with E-state index in [0.717, 1.165) is 24.7 Å². The van der Waals surface area contributed by atoms with Crippen LogP contribution in [0.25, 0.3) is 0 Å². The lowest BCUT2D eigenvalue weighted by Crippen LogP contribution is -2.32. The van der Waals surface area contributed by atoms with Gasteiger partial charge in [0, 0.05) is 13.1 Å². The van der Waals surface area contributed by atoms with Gasteiger partial charge in [-0.15, -0.1) is 0 Å². The lowest BCUT2D eigenvalue weighted by Gasteiger charge is -2.34. The lowest BCUT2D eigenvalue weighted by atomic mass is 9.75. The van der Waals surface area contributed by atoms with Gasteiger partial charge < -0.3 is 10.0 Å². The molecule has 3 rings (SSSR count). The van der Waals surface area contributed by atoms with Crippen molar-refractivity contribution in [1.29, 1.82) is 0 Å². The topological polar surface area (TPSA) is 40.5 Å². The second-order valence-corrected chi connectivity index (χ2v) is 8.02. The van der Waals surface area contributed by atoms with Crippen molar-refractivity contribution in [2.75, 3.05) is 6.54 Å². The van der Waals surface area contributed by atoms with Crippen molar-refractivity contribution in [2.24, 2.45) is 17.8 Å². The third-order valence-electron chi connectivity index (χ3n) is 6.26. The highest BCUT2D eigenvalue weighted by Crippen LogP contribution is 2.37. The average Bonchev–Trinajstić information content (AvgIpc) is 2.93. The first-order valence-corrected chi connectivity index (χ1v) is 9.80. The van der Waals surface area contributed by atoms with E-state index < -0.39 is 11.6 Å². The number of unbranched alkanes of at least 4 members (excludes halogenated alkanes) is 1. The average molecular weight is 347 g/mol. The van der Waals surface area contributed by atoms with E-state index in [2.05, 4.69) is 13.8 Å². The van der Waals surface area contributed by atoms with Gasteiger partial charge in [0.05, 0.1) is 5.56 Å². The molecule has 0 bridgehead atoms. The summed E-state index contributed by atoms with van der Waals surface area (Å²) in [5, 5.41) is 9.51. The predicted octanol–water partition coefficient (Wildman–Crippen LogP) is 5.12. The Kier molecular flexibility index (Phi) is 5.65. The third kappa shape index (κ3) is 3.83. The summed E-state index contributed by atoms with van der Waals surface area (Å²) in [5.41, 5.74) is 0.768. The summed E-state index contributed by atoms with van der Waals surface area (Å²) >= 11 is 0. The minimum Gasteiger partial charge on any atom is -0.505 e. The van der Waals surface area contributed by atoms with Crippen LogP contribution in [0, 0.1) is 23.6 Å². The third-order valence-corrected chi connectivity index (χ3v) is 6.26. The van der Waals surface area contributed by atoms with E-state index in [1.807, 2.05) is 0 Å². The van der Waals surface area contributed by atoms with Crippen molar-refractivity contribution >= 4 is 5.91 Å². The Labute approximate surface area is 150 Å². The largest absolute Gasteiger partial charge is 0.505 e. The van der Waals surface area contributed by atoms with Crippen molar-refractivity contribution < 1.29 is 14.3 Å². The Morgan fingerprint density at radius 1 is 1.28 bits per heavy atom. The molecule has 0 unspecified atom stereocenters. The monoisotopic (exact) mass is 347 g/mol. The van der Waals surface area contributed by atoms with Gasteiger partial charge in [-0.05, 0) is 55.1 Å². The number of nitrogens with zero attached hydrogens (tertiary/aromatic N) is 1. The first-order chi connectivity index (χ1) is 12.0. The fourth-order valence-corrected chi connectivity index (χ4v) is 4.56. The summed E-state index contributed by atoms with van der Waals surface area (Å²) < 4.78 is 14.0. The van der Waals surface area contributed by atoms with E-state index >= 15 is 0 Å². The molecule has 0 aromatic heterocycles. The molecule has 4 heteroatoms. The summed E-state index contributed by atoms with van der Waals surface area (Å²) in [6.07, 6.45) is 8.74. The normalized spacial score (nSPS) is 24.4. The maximum atomic E-state index is 14.0. The molecule has 138 valence electrons. The van der Waals surface area contributed by atoms with Crippen molar-refractivity contribution in [3.05, 3.63) is 29.1 Å². The number of phenols is 1. The molecule has 1 amide bonds. The van der Waals surface area contributed by atoms with Crippen molar-refractivity contribution in [1.82, 2.24) is 4.90 Å². The van der Waals surface area contributed by atoms with Crippen LogP contribution in [-0.4, -0.2) is 22.5 Å². The molecule has 1 saturated carbocycles. The second-order valence-electron chi connectivity index (χ2n) is 8.02. The molecule has 2 aliphatic rings. The summed E-state index contributed by atoms with van der Waals surface area (Å²) in [6, 6.07) is 3.01. The fraction of sp³-hybridized carbons (Fsp3) is 0.667. The summed E-state index contributed by atoms with van der Waals surface area (Å²) in [7, 11) is 0. The molecule has 0 spiro atoms. The van der Waals surface area contributed by atoms with E-state index in [-0.39, 0.29) is 11.5 Å². The molecule has 3 nitrogen and oxygen atoms in total. The zero-order valence-corrected chi connectivity index (χ0v) is 15.4. The van der Waals surface area contributed by atoms with E-state index in [0.29, 0.717) is 24.6 Å². The van der Waals surface area contributed by atoms with Gasteiger partial charge in [-0.3, -0.25) is 4.79 Å². The van der Waals surface area contributed by atoms with Gasteiger partial charge in [0.1, 0.15) is 0 Å². The van der Waals surface area contributed by atoms with Gasteiger partial charge in [-0.2, -0.15) is 0 Å². The van der Waals surface area contributed by atoms with Crippen LogP contribution in [0.15, 0.2) is 12.1 Å². The SMILES string of the molecule is CCCC[C@@H](C)C1CCC(CN2Cc3ccc(O)c(F)c3C2=O)CC1. The quantitative estimate of drug-likeness (QED) is 0.776. The molecule has 1 aliphatic heterocycles. The molecule has 1 atom stereocenters. The molecular formula is C21H30FNO2. The molecule has 1 aliphatic carbocycles. The van der Waals surface area contributed by atoms with Gasteiger partial charge >= 0.3 is 0 Å². The van der Waals surface area contributed by atoms with Crippen LogP contribution < -0.4 is 0 Å². The van der Waals surface area contributed by atoms with Crippen LogP contribution in [0.5, 0.6) is 5.75 Å². The highest BCUT2D eigenvalue weighted by molar-refractivity contribution is 5.99. The first kappa shape index (κ1) is 18.2. The number of rotatable bonds is 6. The summed E-state index contributed by atoms with van der Waals surface area (Å²) in [6.45, 7) is 5.82. The van der Waals surface area contributed by atoms with Crippen LogP contribution in [0.2, 0.25) is 0 Å². The second kappa shape index (κ2) is 7.76. The highest BCUT2D eigenvalue weighted by atomic mass is 19.1. The molecule has 25 heavy (non-hydrogen) atoms. The minimum atomic E-state index is -0.765. The van der Waals surface area contributed by atoms with E-state index in [4.69, 9.17) is 0 Å². The number of fused-ring (bicyclic) bond motifs is 1. The number of phenolic OH excluding ortho intramolecular Hbond substituents is 1. The van der Waals surface area contributed by atoms with Gasteiger partial charge in [-0.25, -0.2) is 4.39 Å². The number of halogens is 1. The number of hydrogen-bond donors (Lipinski definition) is 1. The number of hydrogen-bond acceptors (Lipinski definition) is 2. The molecule has 1 heterocycles. The van der Waals surface area contributed by atoms with E-state index in [1.54, 1.807) is 11.0 Å². The number of carbonyl (C=O) groups excluding carboxylic acids is 1. The Balaban J connectivity index is 1.54. The van der Waals surface area contributed by atoms with Gasteiger partial charge in [0.25, 0.3) is 5.91 Å². The summed E-state index contributed by atoms with van der Waals surface area (Å²) in [4.78, 5) is 14.3. The highest BCUT2D eigenvalue weighted by Gasteiger charge is 2.34. The minimum absolute atomic E-state index is 0.0712. The van der Waals surface area contributed by atoms with Crippen LogP contribution in [0.4, 0.5) is 4.39 Å². The number of amides is 1. The fourth-order valence-electron chi connectivity index (χ4n) is 4.56. The van der Waals surface area contributed by atoms with Crippen LogP contribution >= 0.6 is 0 Å². The standard InChI is InChI=1S/C21H30FNO2/c1-3-4-5-14(2)16-8-6-15(7-9-16)12-23-13-17-10-11-18(24)20(22)19(17)21(23)25/h10-11,14-16,24H,3-9,12-13H2,1-2H3/t14-,15?,16?/m1/s1. The molecule has 0 radical (unpaired) electrons. The zero-order valence-electron chi connectivity index (χ0n) is 15.4. The van der Waals surface area contributed by atoms with Crippen LogP contribution in [0.3, 0.4) is 0 Å².